The third kappa shape index (κ3) is 3.44. The summed E-state index contributed by atoms with van der Waals surface area (Å²) in [6.45, 7) is 3.46. The van der Waals surface area contributed by atoms with Crippen molar-refractivity contribution in [3.8, 4) is 0 Å². The van der Waals surface area contributed by atoms with E-state index < -0.39 is 0 Å². The number of rotatable bonds is 4. The highest BCUT2D eigenvalue weighted by molar-refractivity contribution is 7.99. The maximum absolute atomic E-state index is 11.9. The molecule has 1 aromatic rings. The summed E-state index contributed by atoms with van der Waals surface area (Å²) in [6.07, 6.45) is 2.23. The molecule has 1 amide bonds. The molecule has 1 aliphatic rings. The molecule has 17 heavy (non-hydrogen) atoms. The maximum atomic E-state index is 11.9. The highest BCUT2D eigenvalue weighted by Crippen LogP contribution is 2.14. The summed E-state index contributed by atoms with van der Waals surface area (Å²) in [6, 6.07) is 0. The lowest BCUT2D eigenvalue weighted by Gasteiger charge is -2.27. The van der Waals surface area contributed by atoms with Crippen molar-refractivity contribution in [2.45, 2.75) is 11.6 Å². The SMILES string of the molecule is Cn1cnnc1SCCC(=O)N1CCNCC1. The minimum absolute atomic E-state index is 0.237. The molecule has 2 heterocycles. The van der Waals surface area contributed by atoms with Gasteiger partial charge < -0.3 is 14.8 Å². The van der Waals surface area contributed by atoms with Crippen LogP contribution in [0.4, 0.5) is 0 Å². The number of carbonyl (C=O) groups is 1. The number of hydrogen-bond donors (Lipinski definition) is 1. The van der Waals surface area contributed by atoms with Gasteiger partial charge in [0.25, 0.3) is 0 Å². The van der Waals surface area contributed by atoms with E-state index in [-0.39, 0.29) is 5.91 Å². The van der Waals surface area contributed by atoms with Gasteiger partial charge in [0, 0.05) is 45.4 Å². The van der Waals surface area contributed by atoms with E-state index in [1.54, 1.807) is 18.1 Å². The van der Waals surface area contributed by atoms with Crippen LogP contribution in [0.25, 0.3) is 0 Å². The van der Waals surface area contributed by atoms with Gasteiger partial charge in [0.1, 0.15) is 6.33 Å². The van der Waals surface area contributed by atoms with Crippen LogP contribution in [0, 0.1) is 0 Å². The van der Waals surface area contributed by atoms with Crippen LogP contribution in [-0.2, 0) is 11.8 Å². The molecule has 1 aromatic heterocycles. The standard InChI is InChI=1S/C10H17N5OS/c1-14-8-12-13-10(14)17-7-2-9(16)15-5-3-11-4-6-15/h8,11H,2-7H2,1H3. The second-order valence-corrected chi connectivity index (χ2v) is 5.02. The van der Waals surface area contributed by atoms with Crippen LogP contribution in [-0.4, -0.2) is 57.5 Å². The second-order valence-electron chi connectivity index (χ2n) is 3.95. The first kappa shape index (κ1) is 12.4. The Morgan fingerprint density at radius 2 is 2.29 bits per heavy atom. The van der Waals surface area contributed by atoms with Crippen molar-refractivity contribution in [1.29, 1.82) is 0 Å². The van der Waals surface area contributed by atoms with Crippen LogP contribution in [0.2, 0.25) is 0 Å². The van der Waals surface area contributed by atoms with Gasteiger partial charge in [-0.15, -0.1) is 10.2 Å². The number of thioether (sulfide) groups is 1. The highest BCUT2D eigenvalue weighted by atomic mass is 32.2. The van der Waals surface area contributed by atoms with Crippen molar-refractivity contribution >= 4 is 17.7 Å². The smallest absolute Gasteiger partial charge is 0.223 e. The van der Waals surface area contributed by atoms with E-state index in [9.17, 15) is 4.79 Å². The summed E-state index contributed by atoms with van der Waals surface area (Å²) in [7, 11) is 1.90. The number of carbonyl (C=O) groups excluding carboxylic acids is 1. The van der Waals surface area contributed by atoms with Crippen LogP contribution >= 0.6 is 11.8 Å². The number of hydrogen-bond acceptors (Lipinski definition) is 5. The molecule has 0 spiro atoms. The third-order valence-corrected chi connectivity index (χ3v) is 3.72. The van der Waals surface area contributed by atoms with Crippen LogP contribution < -0.4 is 5.32 Å². The van der Waals surface area contributed by atoms with E-state index in [1.165, 1.54) is 0 Å². The molecule has 2 rings (SSSR count). The summed E-state index contributed by atoms with van der Waals surface area (Å²) in [4.78, 5) is 13.8. The van der Waals surface area contributed by atoms with Crippen LogP contribution in [0.3, 0.4) is 0 Å². The molecule has 1 saturated heterocycles. The zero-order valence-corrected chi connectivity index (χ0v) is 10.7. The lowest BCUT2D eigenvalue weighted by Crippen LogP contribution is -2.46. The Balaban J connectivity index is 1.71. The predicted molar refractivity (Wildman–Crippen MR) is 65.8 cm³/mol. The summed E-state index contributed by atoms with van der Waals surface area (Å²) in [5.41, 5.74) is 0. The molecule has 0 aliphatic carbocycles. The zero-order chi connectivity index (χ0) is 12.1. The Labute approximate surface area is 105 Å². The monoisotopic (exact) mass is 255 g/mol. The molecule has 94 valence electrons. The molecule has 0 saturated carbocycles. The Morgan fingerprint density at radius 3 is 2.94 bits per heavy atom. The molecule has 7 heteroatoms. The van der Waals surface area contributed by atoms with Crippen molar-refractivity contribution in [3.05, 3.63) is 6.33 Å². The number of aromatic nitrogens is 3. The first-order valence-electron chi connectivity index (χ1n) is 5.72. The number of piperazine rings is 1. The van der Waals surface area contributed by atoms with Crippen molar-refractivity contribution in [3.63, 3.8) is 0 Å². The van der Waals surface area contributed by atoms with Crippen LogP contribution in [0.5, 0.6) is 0 Å². The summed E-state index contributed by atoms with van der Waals surface area (Å²) >= 11 is 1.57. The first-order chi connectivity index (χ1) is 8.27. The Kier molecular flexibility index (Phi) is 4.38. The van der Waals surface area contributed by atoms with Gasteiger partial charge in [-0.05, 0) is 0 Å². The van der Waals surface area contributed by atoms with Gasteiger partial charge in [0.05, 0.1) is 0 Å². The van der Waals surface area contributed by atoms with Crippen molar-refractivity contribution in [1.82, 2.24) is 25.0 Å². The number of aryl methyl sites for hydroxylation is 1. The predicted octanol–water partition coefficient (Wildman–Crippen LogP) is -0.271. The number of nitrogens with zero attached hydrogens (tertiary/aromatic N) is 4. The largest absolute Gasteiger partial charge is 0.340 e. The molecule has 1 fully saturated rings. The van der Waals surface area contributed by atoms with E-state index in [2.05, 4.69) is 15.5 Å². The van der Waals surface area contributed by atoms with Gasteiger partial charge in [-0.1, -0.05) is 11.8 Å². The minimum atomic E-state index is 0.237. The maximum Gasteiger partial charge on any atom is 0.223 e. The fraction of sp³-hybridized carbons (Fsp3) is 0.700. The molecule has 0 atom stereocenters. The van der Waals surface area contributed by atoms with Gasteiger partial charge >= 0.3 is 0 Å². The first-order valence-corrected chi connectivity index (χ1v) is 6.71. The molecular formula is C10H17N5OS. The van der Waals surface area contributed by atoms with Gasteiger partial charge in [0.15, 0.2) is 5.16 Å². The summed E-state index contributed by atoms with van der Waals surface area (Å²) in [5.74, 6) is 0.996. The van der Waals surface area contributed by atoms with Crippen molar-refractivity contribution < 1.29 is 4.79 Å². The van der Waals surface area contributed by atoms with E-state index in [4.69, 9.17) is 0 Å². The fourth-order valence-corrected chi connectivity index (χ4v) is 2.52. The average Bonchev–Trinajstić information content (AvgIpc) is 2.76. The van der Waals surface area contributed by atoms with E-state index >= 15 is 0 Å². The molecule has 0 unspecified atom stereocenters. The molecule has 0 radical (unpaired) electrons. The molecule has 0 bridgehead atoms. The Hall–Kier alpha value is -1.08. The van der Waals surface area contributed by atoms with E-state index in [0.29, 0.717) is 6.42 Å². The Morgan fingerprint density at radius 1 is 1.53 bits per heavy atom. The van der Waals surface area contributed by atoms with Gasteiger partial charge in [-0.3, -0.25) is 4.79 Å². The van der Waals surface area contributed by atoms with Gasteiger partial charge in [-0.2, -0.15) is 0 Å². The normalized spacial score (nSPS) is 16.2. The second kappa shape index (κ2) is 6.02. The number of nitrogens with one attached hydrogen (secondary N) is 1. The highest BCUT2D eigenvalue weighted by Gasteiger charge is 2.15. The third-order valence-electron chi connectivity index (χ3n) is 2.69. The van der Waals surface area contributed by atoms with Crippen LogP contribution in [0.15, 0.2) is 11.5 Å². The average molecular weight is 255 g/mol. The molecular weight excluding hydrogens is 238 g/mol. The van der Waals surface area contributed by atoms with Gasteiger partial charge in [-0.25, -0.2) is 0 Å². The van der Waals surface area contributed by atoms with Gasteiger partial charge in [0.2, 0.25) is 5.91 Å². The fourth-order valence-electron chi connectivity index (χ4n) is 1.71. The summed E-state index contributed by atoms with van der Waals surface area (Å²) in [5, 5.41) is 11.9. The van der Waals surface area contributed by atoms with Crippen molar-refractivity contribution in [2.24, 2.45) is 7.05 Å². The number of amides is 1. The summed E-state index contributed by atoms with van der Waals surface area (Å²) < 4.78 is 1.86. The lowest BCUT2D eigenvalue weighted by atomic mass is 10.3. The van der Waals surface area contributed by atoms with E-state index in [1.807, 2.05) is 16.5 Å². The Bertz CT molecular complexity index is 375. The van der Waals surface area contributed by atoms with Crippen LogP contribution in [0.1, 0.15) is 6.42 Å². The molecule has 0 aromatic carbocycles. The topological polar surface area (TPSA) is 63.1 Å². The molecule has 1 aliphatic heterocycles. The molecule has 1 N–H and O–H groups in total. The minimum Gasteiger partial charge on any atom is -0.340 e. The lowest BCUT2D eigenvalue weighted by molar-refractivity contribution is -0.131. The van der Waals surface area contributed by atoms with Crippen molar-refractivity contribution in [2.75, 3.05) is 31.9 Å². The van der Waals surface area contributed by atoms with E-state index in [0.717, 1.165) is 37.1 Å². The quantitative estimate of drug-likeness (QED) is 0.750. The molecule has 6 nitrogen and oxygen atoms in total. The zero-order valence-electron chi connectivity index (χ0n) is 9.93.